The number of ether oxygens (including phenoxy) is 1. The first-order valence-electron chi connectivity index (χ1n) is 10.1. The number of benzene rings is 2. The van der Waals surface area contributed by atoms with Crippen LogP contribution in [0.4, 0.5) is 5.69 Å². The average molecular weight is 432 g/mol. The van der Waals surface area contributed by atoms with Gasteiger partial charge in [-0.15, -0.1) is 0 Å². The number of furan rings is 1. The normalized spacial score (nSPS) is 17.6. The SMILES string of the molecule is COc1ccc(C(O)=C2C(=O)C(=O)N(Cc3ccco3)C2c2ccc(N(C)C)cc2)cc1. The van der Waals surface area contributed by atoms with Crippen molar-refractivity contribution in [2.75, 3.05) is 26.1 Å². The number of amides is 1. The van der Waals surface area contributed by atoms with E-state index in [1.54, 1.807) is 43.5 Å². The smallest absolute Gasteiger partial charge is 0.296 e. The van der Waals surface area contributed by atoms with Crippen molar-refractivity contribution in [3.05, 3.63) is 89.4 Å². The molecule has 3 aromatic rings. The van der Waals surface area contributed by atoms with E-state index < -0.39 is 17.7 Å². The zero-order valence-corrected chi connectivity index (χ0v) is 18.1. The maximum Gasteiger partial charge on any atom is 0.296 e. The van der Waals surface area contributed by atoms with Crippen molar-refractivity contribution < 1.29 is 23.8 Å². The summed E-state index contributed by atoms with van der Waals surface area (Å²) in [6, 6.07) is 17.0. The second-order valence-corrected chi connectivity index (χ2v) is 7.72. The molecule has 4 rings (SSSR count). The summed E-state index contributed by atoms with van der Waals surface area (Å²) < 4.78 is 10.6. The Morgan fingerprint density at radius 2 is 1.75 bits per heavy atom. The first-order chi connectivity index (χ1) is 15.4. The molecule has 0 bridgehead atoms. The fourth-order valence-corrected chi connectivity index (χ4v) is 3.82. The van der Waals surface area contributed by atoms with Crippen LogP contribution in [0, 0.1) is 0 Å². The van der Waals surface area contributed by atoms with Gasteiger partial charge in [-0.2, -0.15) is 0 Å². The molecule has 0 radical (unpaired) electrons. The number of Topliss-reactive ketones (excluding diaryl/α,β-unsaturated/α-hetero) is 1. The summed E-state index contributed by atoms with van der Waals surface area (Å²) in [7, 11) is 5.41. The molecule has 0 saturated carbocycles. The molecular weight excluding hydrogens is 408 g/mol. The van der Waals surface area contributed by atoms with E-state index in [9.17, 15) is 14.7 Å². The summed E-state index contributed by atoms with van der Waals surface area (Å²) in [5.41, 5.74) is 2.17. The third-order valence-electron chi connectivity index (χ3n) is 5.53. The molecule has 7 nitrogen and oxygen atoms in total. The van der Waals surface area contributed by atoms with Gasteiger partial charge in [-0.05, 0) is 54.1 Å². The molecule has 32 heavy (non-hydrogen) atoms. The summed E-state index contributed by atoms with van der Waals surface area (Å²) in [5, 5.41) is 11.1. The van der Waals surface area contributed by atoms with Crippen LogP contribution in [0.3, 0.4) is 0 Å². The fraction of sp³-hybridized carbons (Fsp3) is 0.200. The van der Waals surface area contributed by atoms with Gasteiger partial charge in [0.1, 0.15) is 17.3 Å². The number of carbonyl (C=O) groups is 2. The Kier molecular flexibility index (Phi) is 5.73. The van der Waals surface area contributed by atoms with Crippen molar-refractivity contribution in [3.8, 4) is 5.75 Å². The minimum absolute atomic E-state index is 0.0457. The van der Waals surface area contributed by atoms with Crippen LogP contribution in [0.15, 0.2) is 76.9 Å². The number of anilines is 1. The zero-order valence-electron chi connectivity index (χ0n) is 18.1. The summed E-state index contributed by atoms with van der Waals surface area (Å²) in [6.45, 7) is 0.108. The lowest BCUT2D eigenvalue weighted by Gasteiger charge is -2.25. The molecule has 7 heteroatoms. The highest BCUT2D eigenvalue weighted by Gasteiger charge is 2.46. The molecule has 1 aliphatic heterocycles. The van der Waals surface area contributed by atoms with Gasteiger partial charge in [-0.25, -0.2) is 0 Å². The van der Waals surface area contributed by atoms with Gasteiger partial charge in [0.25, 0.3) is 11.7 Å². The Balaban J connectivity index is 1.83. The summed E-state index contributed by atoms with van der Waals surface area (Å²) in [5.74, 6) is -0.471. The van der Waals surface area contributed by atoms with Gasteiger partial charge < -0.3 is 24.1 Å². The molecule has 1 aliphatic rings. The largest absolute Gasteiger partial charge is 0.507 e. The van der Waals surface area contributed by atoms with Crippen LogP contribution in [0.25, 0.3) is 5.76 Å². The lowest BCUT2D eigenvalue weighted by Crippen LogP contribution is -2.29. The molecule has 1 unspecified atom stereocenters. The molecule has 1 amide bonds. The maximum absolute atomic E-state index is 13.1. The summed E-state index contributed by atoms with van der Waals surface area (Å²) in [4.78, 5) is 29.5. The quantitative estimate of drug-likeness (QED) is 0.360. The van der Waals surface area contributed by atoms with Gasteiger partial charge in [0.15, 0.2) is 0 Å². The number of aliphatic hydroxyl groups excluding tert-OH is 1. The fourth-order valence-electron chi connectivity index (χ4n) is 3.82. The van der Waals surface area contributed by atoms with E-state index in [0.29, 0.717) is 17.1 Å². The van der Waals surface area contributed by atoms with E-state index in [4.69, 9.17) is 9.15 Å². The molecule has 0 spiro atoms. The van der Waals surface area contributed by atoms with E-state index in [-0.39, 0.29) is 17.9 Å². The van der Waals surface area contributed by atoms with Crippen molar-refractivity contribution >= 4 is 23.1 Å². The second kappa shape index (κ2) is 8.63. The lowest BCUT2D eigenvalue weighted by atomic mass is 9.95. The molecule has 2 aromatic carbocycles. The lowest BCUT2D eigenvalue weighted by molar-refractivity contribution is -0.140. The number of methoxy groups -OCH3 is 1. The third kappa shape index (κ3) is 3.85. The number of aliphatic hydroxyl groups is 1. The number of likely N-dealkylation sites (tertiary alicyclic amines) is 1. The average Bonchev–Trinajstić information content (AvgIpc) is 3.41. The zero-order chi connectivity index (χ0) is 22.8. The van der Waals surface area contributed by atoms with Crippen molar-refractivity contribution in [3.63, 3.8) is 0 Å². The van der Waals surface area contributed by atoms with Gasteiger partial charge in [-0.1, -0.05) is 12.1 Å². The highest BCUT2D eigenvalue weighted by atomic mass is 16.5. The number of carbonyl (C=O) groups excluding carboxylic acids is 2. The Morgan fingerprint density at radius 3 is 2.31 bits per heavy atom. The van der Waals surface area contributed by atoms with E-state index in [0.717, 1.165) is 11.3 Å². The van der Waals surface area contributed by atoms with Gasteiger partial charge >= 0.3 is 0 Å². The van der Waals surface area contributed by atoms with Gasteiger partial charge in [0, 0.05) is 25.3 Å². The van der Waals surface area contributed by atoms with Gasteiger partial charge in [0.05, 0.1) is 31.5 Å². The molecule has 1 atom stereocenters. The minimum Gasteiger partial charge on any atom is -0.507 e. The first-order valence-corrected chi connectivity index (χ1v) is 10.1. The standard InChI is InChI=1S/C25H24N2O5/c1-26(2)18-10-6-16(7-11-18)22-21(23(28)17-8-12-19(31-3)13-9-17)24(29)25(30)27(22)15-20-5-4-14-32-20/h4-14,22,28H,15H2,1-3H3. The number of hydrogen-bond acceptors (Lipinski definition) is 6. The van der Waals surface area contributed by atoms with Crippen LogP contribution in [-0.2, 0) is 16.1 Å². The van der Waals surface area contributed by atoms with Crippen LogP contribution in [-0.4, -0.2) is 42.9 Å². The Bertz CT molecular complexity index is 1150. The van der Waals surface area contributed by atoms with Crippen molar-refractivity contribution in [2.45, 2.75) is 12.6 Å². The highest BCUT2D eigenvalue weighted by molar-refractivity contribution is 6.46. The van der Waals surface area contributed by atoms with Crippen LogP contribution >= 0.6 is 0 Å². The number of rotatable bonds is 6. The van der Waals surface area contributed by atoms with Crippen LogP contribution in [0.1, 0.15) is 22.9 Å². The predicted octanol–water partition coefficient (Wildman–Crippen LogP) is 3.98. The Labute approximate surface area is 186 Å². The third-order valence-corrected chi connectivity index (χ3v) is 5.53. The maximum atomic E-state index is 13.1. The van der Waals surface area contributed by atoms with Crippen molar-refractivity contribution in [1.82, 2.24) is 4.90 Å². The molecular formula is C25H24N2O5. The molecule has 164 valence electrons. The van der Waals surface area contributed by atoms with Gasteiger partial charge in [0.2, 0.25) is 0 Å². The minimum atomic E-state index is -0.751. The van der Waals surface area contributed by atoms with E-state index >= 15 is 0 Å². The molecule has 1 saturated heterocycles. The summed E-state index contributed by atoms with van der Waals surface area (Å²) >= 11 is 0. The van der Waals surface area contributed by atoms with E-state index in [2.05, 4.69) is 0 Å². The van der Waals surface area contributed by atoms with Crippen LogP contribution < -0.4 is 9.64 Å². The second-order valence-electron chi connectivity index (χ2n) is 7.72. The predicted molar refractivity (Wildman–Crippen MR) is 120 cm³/mol. The first kappa shape index (κ1) is 21.2. The van der Waals surface area contributed by atoms with E-state index in [1.165, 1.54) is 11.2 Å². The molecule has 1 aromatic heterocycles. The van der Waals surface area contributed by atoms with Crippen LogP contribution in [0.2, 0.25) is 0 Å². The monoisotopic (exact) mass is 432 g/mol. The topological polar surface area (TPSA) is 83.2 Å². The summed E-state index contributed by atoms with van der Waals surface area (Å²) in [6.07, 6.45) is 1.52. The van der Waals surface area contributed by atoms with Crippen molar-refractivity contribution in [2.24, 2.45) is 0 Å². The molecule has 0 aliphatic carbocycles. The molecule has 2 heterocycles. The molecule has 1 N–H and O–H groups in total. The van der Waals surface area contributed by atoms with E-state index in [1.807, 2.05) is 43.3 Å². The number of hydrogen-bond donors (Lipinski definition) is 1. The van der Waals surface area contributed by atoms with Gasteiger partial charge in [-0.3, -0.25) is 9.59 Å². The van der Waals surface area contributed by atoms with Crippen molar-refractivity contribution in [1.29, 1.82) is 0 Å². The number of nitrogens with zero attached hydrogens (tertiary/aromatic N) is 2. The molecule has 1 fully saturated rings. The Hall–Kier alpha value is -4.00. The highest BCUT2D eigenvalue weighted by Crippen LogP contribution is 2.40. The number of ketones is 1. The Morgan fingerprint density at radius 1 is 1.06 bits per heavy atom. The van der Waals surface area contributed by atoms with Crippen LogP contribution in [0.5, 0.6) is 5.75 Å².